The Kier molecular flexibility index (Phi) is 8.16. The van der Waals surface area contributed by atoms with Crippen molar-refractivity contribution in [3.8, 4) is 0 Å². The topological polar surface area (TPSA) is 55.9 Å². The molecule has 6 rings (SSSR count). The predicted molar refractivity (Wildman–Crippen MR) is 157 cm³/mol. The van der Waals surface area contributed by atoms with Crippen LogP contribution < -0.4 is 10.2 Å². The molecule has 210 valence electrons. The Labute approximate surface area is 239 Å². The van der Waals surface area contributed by atoms with E-state index in [0.29, 0.717) is 12.1 Å². The molecule has 6 nitrogen and oxygen atoms in total. The van der Waals surface area contributed by atoms with Gasteiger partial charge in [0.1, 0.15) is 5.82 Å². The van der Waals surface area contributed by atoms with Gasteiger partial charge in [-0.3, -0.25) is 14.5 Å². The van der Waals surface area contributed by atoms with Crippen molar-refractivity contribution in [1.29, 1.82) is 0 Å². The summed E-state index contributed by atoms with van der Waals surface area (Å²) in [6, 6.07) is 18.4. The van der Waals surface area contributed by atoms with Gasteiger partial charge in [-0.25, -0.2) is 4.39 Å². The Morgan fingerprint density at radius 2 is 1.70 bits per heavy atom. The molecular formula is C32H37FN4O2S. The fraction of sp³-hybridized carbons (Fsp3) is 0.438. The first-order chi connectivity index (χ1) is 19.6. The minimum atomic E-state index is -0.424. The van der Waals surface area contributed by atoms with Crippen molar-refractivity contribution >= 4 is 28.8 Å². The van der Waals surface area contributed by atoms with Gasteiger partial charge in [0, 0.05) is 54.9 Å². The molecule has 0 unspecified atom stereocenters. The van der Waals surface area contributed by atoms with Crippen LogP contribution in [-0.2, 0) is 4.79 Å². The van der Waals surface area contributed by atoms with Crippen molar-refractivity contribution in [3.05, 3.63) is 87.9 Å². The number of rotatable bonds is 8. The van der Waals surface area contributed by atoms with Crippen LogP contribution in [0.2, 0.25) is 0 Å². The monoisotopic (exact) mass is 560 g/mol. The summed E-state index contributed by atoms with van der Waals surface area (Å²) >= 11 is 1.63. The highest BCUT2D eigenvalue weighted by Gasteiger charge is 2.47. The Morgan fingerprint density at radius 3 is 2.42 bits per heavy atom. The first-order valence-electron chi connectivity index (χ1n) is 14.6. The summed E-state index contributed by atoms with van der Waals surface area (Å²) in [6.07, 6.45) is 5.12. The van der Waals surface area contributed by atoms with E-state index in [9.17, 15) is 14.0 Å². The van der Waals surface area contributed by atoms with E-state index in [1.54, 1.807) is 11.3 Å². The van der Waals surface area contributed by atoms with Gasteiger partial charge in [0.15, 0.2) is 0 Å². The van der Waals surface area contributed by atoms with Crippen LogP contribution in [0.3, 0.4) is 0 Å². The normalized spacial score (nSPS) is 22.0. The van der Waals surface area contributed by atoms with E-state index in [1.807, 2.05) is 52.7 Å². The van der Waals surface area contributed by atoms with E-state index in [2.05, 4.69) is 21.2 Å². The standard InChI is InChI=1S/C32H37FN4O2S/c33-23-12-14-24(15-13-23)36-20-18-35(19-21-36)17-6-16-34-31(38)29-26-9-3-4-10-27(26)32(39)37(25-7-1-2-8-25)30(29)28-11-5-22-40-28/h3-5,9-15,22,25,29-30H,1-2,6-8,16-21H2,(H,34,38)/t29-,30+/m1/s1. The van der Waals surface area contributed by atoms with Gasteiger partial charge in [-0.15, -0.1) is 11.3 Å². The quantitative estimate of drug-likeness (QED) is 0.373. The first-order valence-corrected chi connectivity index (χ1v) is 15.4. The van der Waals surface area contributed by atoms with Crippen LogP contribution in [0.1, 0.15) is 64.9 Å². The highest BCUT2D eigenvalue weighted by molar-refractivity contribution is 7.10. The highest BCUT2D eigenvalue weighted by atomic mass is 32.1. The van der Waals surface area contributed by atoms with Crippen molar-refractivity contribution in [1.82, 2.24) is 15.1 Å². The van der Waals surface area contributed by atoms with Crippen LogP contribution in [0.5, 0.6) is 0 Å². The maximum Gasteiger partial charge on any atom is 0.254 e. The molecule has 8 heteroatoms. The Hall–Kier alpha value is -3.23. The Bertz CT molecular complexity index is 1300. The number of amides is 2. The van der Waals surface area contributed by atoms with Crippen molar-refractivity contribution in [2.75, 3.05) is 44.2 Å². The average molecular weight is 561 g/mol. The average Bonchev–Trinajstić information content (AvgIpc) is 3.71. The molecule has 2 atom stereocenters. The van der Waals surface area contributed by atoms with E-state index in [-0.39, 0.29) is 29.7 Å². The van der Waals surface area contributed by atoms with Crippen LogP contribution in [0.25, 0.3) is 0 Å². The van der Waals surface area contributed by atoms with Gasteiger partial charge in [-0.2, -0.15) is 0 Å². The number of fused-ring (bicyclic) bond motifs is 1. The second-order valence-corrected chi connectivity index (χ2v) is 12.1. The largest absolute Gasteiger partial charge is 0.369 e. The van der Waals surface area contributed by atoms with E-state index in [0.717, 1.165) is 81.0 Å². The second-order valence-electron chi connectivity index (χ2n) is 11.1. The zero-order valence-corrected chi connectivity index (χ0v) is 23.6. The second kappa shape index (κ2) is 12.1. The number of hydrogen-bond acceptors (Lipinski definition) is 5. The molecule has 1 aromatic heterocycles. The number of anilines is 1. The highest BCUT2D eigenvalue weighted by Crippen LogP contribution is 2.47. The lowest BCUT2D eigenvalue weighted by atomic mass is 9.80. The van der Waals surface area contributed by atoms with Crippen LogP contribution in [0, 0.1) is 5.82 Å². The molecule has 3 heterocycles. The van der Waals surface area contributed by atoms with Crippen molar-refractivity contribution < 1.29 is 14.0 Å². The summed E-state index contributed by atoms with van der Waals surface area (Å²) in [4.78, 5) is 35.6. The number of nitrogens with zero attached hydrogens (tertiary/aromatic N) is 3. The van der Waals surface area contributed by atoms with E-state index in [4.69, 9.17) is 0 Å². The van der Waals surface area contributed by atoms with Gasteiger partial charge in [-0.1, -0.05) is 37.1 Å². The van der Waals surface area contributed by atoms with E-state index >= 15 is 0 Å². The summed E-state index contributed by atoms with van der Waals surface area (Å²) in [7, 11) is 0. The van der Waals surface area contributed by atoms with Crippen LogP contribution in [-0.4, -0.2) is 66.9 Å². The van der Waals surface area contributed by atoms with Crippen molar-refractivity contribution in [2.45, 2.75) is 50.1 Å². The summed E-state index contributed by atoms with van der Waals surface area (Å²) < 4.78 is 13.3. The zero-order valence-electron chi connectivity index (χ0n) is 22.8. The van der Waals surface area contributed by atoms with E-state index < -0.39 is 5.92 Å². The van der Waals surface area contributed by atoms with Gasteiger partial charge < -0.3 is 15.1 Å². The van der Waals surface area contributed by atoms with Crippen LogP contribution in [0.4, 0.5) is 10.1 Å². The maximum atomic E-state index is 13.9. The Balaban J connectivity index is 1.10. The number of carbonyl (C=O) groups excluding carboxylic acids is 2. The summed E-state index contributed by atoms with van der Waals surface area (Å²) in [5.74, 6) is -0.569. The molecule has 1 aliphatic carbocycles. The first kappa shape index (κ1) is 27.0. The lowest BCUT2D eigenvalue weighted by Gasteiger charge is -2.44. The molecule has 2 fully saturated rings. The third-order valence-electron chi connectivity index (χ3n) is 8.73. The molecule has 1 N–H and O–H groups in total. The molecule has 0 radical (unpaired) electrons. The van der Waals surface area contributed by atoms with Crippen LogP contribution >= 0.6 is 11.3 Å². The number of piperazine rings is 1. The molecule has 2 amide bonds. The maximum absolute atomic E-state index is 13.9. The zero-order chi connectivity index (χ0) is 27.5. The molecule has 0 bridgehead atoms. The molecular weight excluding hydrogens is 523 g/mol. The van der Waals surface area contributed by atoms with Gasteiger partial charge in [0.2, 0.25) is 5.91 Å². The van der Waals surface area contributed by atoms with Gasteiger partial charge in [-0.05, 0) is 73.1 Å². The SMILES string of the molecule is O=C(NCCCN1CCN(c2ccc(F)cc2)CC1)[C@@H]1c2ccccc2C(=O)N(C2CCCC2)[C@H]1c1cccs1. The molecule has 3 aromatic rings. The molecule has 1 saturated carbocycles. The fourth-order valence-corrected chi connectivity index (χ4v) is 7.55. The number of hydrogen-bond donors (Lipinski definition) is 1. The minimum absolute atomic E-state index is 0.00229. The number of benzene rings is 2. The predicted octanol–water partition coefficient (Wildman–Crippen LogP) is 5.44. The lowest BCUT2D eigenvalue weighted by molar-refractivity contribution is -0.124. The van der Waals surface area contributed by atoms with Gasteiger partial charge >= 0.3 is 0 Å². The molecule has 40 heavy (non-hydrogen) atoms. The molecule has 3 aliphatic rings. The van der Waals surface area contributed by atoms with Crippen molar-refractivity contribution in [2.24, 2.45) is 0 Å². The molecule has 0 spiro atoms. The lowest BCUT2D eigenvalue weighted by Crippen LogP contribution is -2.51. The Morgan fingerprint density at radius 1 is 0.950 bits per heavy atom. The summed E-state index contributed by atoms with van der Waals surface area (Å²) in [6.45, 7) is 5.22. The van der Waals surface area contributed by atoms with Crippen LogP contribution in [0.15, 0.2) is 66.0 Å². The van der Waals surface area contributed by atoms with E-state index in [1.165, 1.54) is 12.1 Å². The third kappa shape index (κ3) is 5.52. The third-order valence-corrected chi connectivity index (χ3v) is 9.67. The number of carbonyl (C=O) groups is 2. The molecule has 1 saturated heterocycles. The molecule has 2 aliphatic heterocycles. The van der Waals surface area contributed by atoms with Gasteiger partial charge in [0.25, 0.3) is 5.91 Å². The number of thiophene rings is 1. The minimum Gasteiger partial charge on any atom is -0.369 e. The van der Waals surface area contributed by atoms with Crippen molar-refractivity contribution in [3.63, 3.8) is 0 Å². The number of nitrogens with one attached hydrogen (secondary N) is 1. The van der Waals surface area contributed by atoms with Gasteiger partial charge in [0.05, 0.1) is 12.0 Å². The fourth-order valence-electron chi connectivity index (χ4n) is 6.69. The summed E-state index contributed by atoms with van der Waals surface area (Å²) in [5, 5.41) is 5.29. The summed E-state index contributed by atoms with van der Waals surface area (Å²) in [5.41, 5.74) is 2.57. The number of halogens is 1. The molecule has 2 aromatic carbocycles. The smallest absolute Gasteiger partial charge is 0.254 e.